The molecule has 2 aromatic carbocycles. The van der Waals surface area contributed by atoms with Gasteiger partial charge in [-0.15, -0.1) is 0 Å². The van der Waals surface area contributed by atoms with Gasteiger partial charge in [0.1, 0.15) is 24.3 Å². The molecule has 0 amide bonds. The average Bonchev–Trinajstić information content (AvgIpc) is 2.59. The molecule has 1 atom stereocenters. The number of ether oxygens (including phenoxy) is 1. The zero-order valence-corrected chi connectivity index (χ0v) is 14.2. The molecule has 0 aromatic heterocycles. The molecule has 4 nitrogen and oxygen atoms in total. The Bertz CT molecular complexity index is 762. The van der Waals surface area contributed by atoms with E-state index in [2.05, 4.69) is 17.0 Å². The van der Waals surface area contributed by atoms with E-state index in [9.17, 15) is 14.3 Å². The predicted octanol–water partition coefficient (Wildman–Crippen LogP) is 2.83. The van der Waals surface area contributed by atoms with E-state index in [0.29, 0.717) is 12.1 Å². The molecule has 3 rings (SSSR count). The van der Waals surface area contributed by atoms with Gasteiger partial charge in [0, 0.05) is 25.7 Å². The molecule has 0 spiro atoms. The van der Waals surface area contributed by atoms with Gasteiger partial charge in [0.15, 0.2) is 5.78 Å². The number of hydrogen-bond acceptors (Lipinski definition) is 4. The van der Waals surface area contributed by atoms with Crippen LogP contribution >= 0.6 is 0 Å². The maximum Gasteiger partial charge on any atom is 0.163 e. The molecule has 0 bridgehead atoms. The van der Waals surface area contributed by atoms with Crippen LogP contribution < -0.4 is 4.74 Å². The highest BCUT2D eigenvalue weighted by molar-refractivity contribution is 5.96. The van der Waals surface area contributed by atoms with Gasteiger partial charge in [-0.25, -0.2) is 4.39 Å². The van der Waals surface area contributed by atoms with Crippen LogP contribution in [0.25, 0.3) is 0 Å². The van der Waals surface area contributed by atoms with Gasteiger partial charge in [-0.3, -0.25) is 9.69 Å². The van der Waals surface area contributed by atoms with E-state index >= 15 is 0 Å². The van der Waals surface area contributed by atoms with Crippen LogP contribution in [0.15, 0.2) is 42.5 Å². The molecule has 1 aliphatic rings. The summed E-state index contributed by atoms with van der Waals surface area (Å²) in [5.74, 6) is -0.491. The van der Waals surface area contributed by atoms with Crippen LogP contribution in [-0.4, -0.2) is 41.6 Å². The highest BCUT2D eigenvalue weighted by Gasteiger charge is 2.19. The Morgan fingerprint density at radius 3 is 2.80 bits per heavy atom. The van der Waals surface area contributed by atoms with Gasteiger partial charge in [-0.1, -0.05) is 24.3 Å². The van der Waals surface area contributed by atoms with Crippen molar-refractivity contribution in [3.63, 3.8) is 0 Å². The van der Waals surface area contributed by atoms with Crippen LogP contribution in [0.4, 0.5) is 4.39 Å². The lowest BCUT2D eigenvalue weighted by Crippen LogP contribution is -2.38. The second-order valence-electron chi connectivity index (χ2n) is 6.42. The first-order valence-corrected chi connectivity index (χ1v) is 8.43. The maximum absolute atomic E-state index is 13.4. The average molecular weight is 343 g/mol. The molecule has 1 aliphatic heterocycles. The summed E-state index contributed by atoms with van der Waals surface area (Å²) in [6.07, 6.45) is 0.246. The standard InChI is InChI=1S/C20H22FNO3/c1-14(23)19-7-6-17(21)10-20(19)25-13-18(24)12-22-9-8-15-4-2-3-5-16(15)11-22/h2-7,10,18,24H,8-9,11-13H2,1H3. The summed E-state index contributed by atoms with van der Waals surface area (Å²) >= 11 is 0. The van der Waals surface area contributed by atoms with Gasteiger partial charge < -0.3 is 9.84 Å². The molecule has 0 fully saturated rings. The molecule has 25 heavy (non-hydrogen) atoms. The SMILES string of the molecule is CC(=O)c1ccc(F)cc1OCC(O)CN1CCc2ccccc2C1. The van der Waals surface area contributed by atoms with Crippen LogP contribution in [0, 0.1) is 5.82 Å². The van der Waals surface area contributed by atoms with E-state index in [0.717, 1.165) is 19.5 Å². The van der Waals surface area contributed by atoms with Crippen LogP contribution in [0.5, 0.6) is 5.75 Å². The number of aliphatic hydroxyl groups excluding tert-OH is 1. The van der Waals surface area contributed by atoms with E-state index < -0.39 is 11.9 Å². The molecule has 0 radical (unpaired) electrons. The van der Waals surface area contributed by atoms with Crippen molar-refractivity contribution in [2.24, 2.45) is 0 Å². The van der Waals surface area contributed by atoms with Gasteiger partial charge in [0.25, 0.3) is 0 Å². The maximum atomic E-state index is 13.4. The fraction of sp³-hybridized carbons (Fsp3) is 0.350. The fourth-order valence-electron chi connectivity index (χ4n) is 3.15. The Morgan fingerprint density at radius 1 is 1.28 bits per heavy atom. The number of carbonyl (C=O) groups excluding carboxylic acids is 1. The molecule has 1 heterocycles. The number of β-amino-alcohol motifs (C(OH)–C–C–N with tert-alkyl or cyclic N) is 1. The van der Waals surface area contributed by atoms with E-state index in [4.69, 9.17) is 4.74 Å². The smallest absolute Gasteiger partial charge is 0.163 e. The second-order valence-corrected chi connectivity index (χ2v) is 6.42. The minimum Gasteiger partial charge on any atom is -0.490 e. The van der Waals surface area contributed by atoms with Crippen molar-refractivity contribution < 1.29 is 19.0 Å². The van der Waals surface area contributed by atoms with Gasteiger partial charge in [0.2, 0.25) is 0 Å². The Labute approximate surface area is 146 Å². The quantitative estimate of drug-likeness (QED) is 0.820. The molecular weight excluding hydrogens is 321 g/mol. The molecule has 0 saturated heterocycles. The van der Waals surface area contributed by atoms with Crippen molar-refractivity contribution in [1.29, 1.82) is 0 Å². The van der Waals surface area contributed by atoms with E-state index in [-0.39, 0.29) is 18.1 Å². The monoisotopic (exact) mass is 343 g/mol. The number of Topliss-reactive ketones (excluding diaryl/α,β-unsaturated/α-hetero) is 1. The number of ketones is 1. The highest BCUT2D eigenvalue weighted by atomic mass is 19.1. The summed E-state index contributed by atoms with van der Waals surface area (Å²) in [4.78, 5) is 13.8. The van der Waals surface area contributed by atoms with Gasteiger partial charge in [0.05, 0.1) is 5.56 Å². The number of aliphatic hydroxyl groups is 1. The number of rotatable bonds is 6. The third kappa shape index (κ3) is 4.44. The predicted molar refractivity (Wildman–Crippen MR) is 93.3 cm³/mol. The number of fused-ring (bicyclic) bond motifs is 1. The highest BCUT2D eigenvalue weighted by Crippen LogP contribution is 2.22. The molecule has 1 N–H and O–H groups in total. The minimum atomic E-state index is -0.715. The molecule has 0 aliphatic carbocycles. The zero-order chi connectivity index (χ0) is 17.8. The van der Waals surface area contributed by atoms with Crippen LogP contribution in [0.3, 0.4) is 0 Å². The van der Waals surface area contributed by atoms with Crippen molar-refractivity contribution >= 4 is 5.78 Å². The largest absolute Gasteiger partial charge is 0.490 e. The van der Waals surface area contributed by atoms with Crippen molar-refractivity contribution in [3.05, 3.63) is 65.0 Å². The van der Waals surface area contributed by atoms with Crippen LogP contribution in [0.1, 0.15) is 28.4 Å². The minimum absolute atomic E-state index is 0.0158. The third-order valence-electron chi connectivity index (χ3n) is 4.43. The molecule has 5 heteroatoms. The summed E-state index contributed by atoms with van der Waals surface area (Å²) in [5.41, 5.74) is 2.96. The van der Waals surface area contributed by atoms with E-state index in [1.165, 1.54) is 36.2 Å². The topological polar surface area (TPSA) is 49.8 Å². The van der Waals surface area contributed by atoms with E-state index in [1.54, 1.807) is 0 Å². The summed E-state index contributed by atoms with van der Waals surface area (Å²) in [6.45, 7) is 3.57. The Hall–Kier alpha value is -2.24. The van der Waals surface area contributed by atoms with Crippen molar-refractivity contribution in [1.82, 2.24) is 4.90 Å². The van der Waals surface area contributed by atoms with Gasteiger partial charge in [-0.05, 0) is 36.6 Å². The third-order valence-corrected chi connectivity index (χ3v) is 4.43. The lowest BCUT2D eigenvalue weighted by Gasteiger charge is -2.30. The Balaban J connectivity index is 1.56. The lowest BCUT2D eigenvalue weighted by atomic mass is 10.00. The summed E-state index contributed by atoms with van der Waals surface area (Å²) in [7, 11) is 0. The Morgan fingerprint density at radius 2 is 2.04 bits per heavy atom. The first-order chi connectivity index (χ1) is 12.0. The zero-order valence-electron chi connectivity index (χ0n) is 14.2. The summed E-state index contributed by atoms with van der Waals surface area (Å²) in [5, 5.41) is 10.3. The number of carbonyl (C=O) groups is 1. The van der Waals surface area contributed by atoms with Gasteiger partial charge in [-0.2, -0.15) is 0 Å². The summed E-state index contributed by atoms with van der Waals surface area (Å²) in [6, 6.07) is 12.1. The molecule has 0 saturated carbocycles. The first kappa shape index (κ1) is 17.6. The summed E-state index contributed by atoms with van der Waals surface area (Å²) < 4.78 is 18.9. The van der Waals surface area contributed by atoms with Crippen molar-refractivity contribution in [2.45, 2.75) is 26.0 Å². The first-order valence-electron chi connectivity index (χ1n) is 8.43. The number of nitrogens with zero attached hydrogens (tertiary/aromatic N) is 1. The molecule has 1 unspecified atom stereocenters. The number of hydrogen-bond donors (Lipinski definition) is 1. The fourth-order valence-corrected chi connectivity index (χ4v) is 3.15. The normalized spacial score (nSPS) is 15.5. The van der Waals surface area contributed by atoms with Crippen molar-refractivity contribution in [3.8, 4) is 5.75 Å². The molecule has 132 valence electrons. The van der Waals surface area contributed by atoms with Crippen LogP contribution in [0.2, 0.25) is 0 Å². The van der Waals surface area contributed by atoms with E-state index in [1.807, 2.05) is 12.1 Å². The Kier molecular flexibility index (Phi) is 5.46. The lowest BCUT2D eigenvalue weighted by molar-refractivity contribution is 0.0630. The number of halogens is 1. The van der Waals surface area contributed by atoms with Crippen LogP contribution in [-0.2, 0) is 13.0 Å². The number of benzene rings is 2. The van der Waals surface area contributed by atoms with Crippen molar-refractivity contribution in [2.75, 3.05) is 19.7 Å². The van der Waals surface area contributed by atoms with Gasteiger partial charge >= 0.3 is 0 Å². The molecular formula is C20H22FNO3. The molecule has 2 aromatic rings. The second kappa shape index (κ2) is 7.76.